The molecule has 1 unspecified atom stereocenters. The lowest BCUT2D eigenvalue weighted by Gasteiger charge is -2.27. The summed E-state index contributed by atoms with van der Waals surface area (Å²) < 4.78 is 5.96. The number of aliphatic hydroxyl groups excluding tert-OH is 1. The lowest BCUT2D eigenvalue weighted by molar-refractivity contribution is -0.132. The van der Waals surface area contributed by atoms with Gasteiger partial charge in [-0.05, 0) is 78.6 Å². The minimum absolute atomic E-state index is 0.00192. The van der Waals surface area contributed by atoms with Crippen LogP contribution in [-0.4, -0.2) is 21.8 Å². The smallest absolute Gasteiger partial charge is 0.300 e. The molecule has 1 aliphatic heterocycles. The number of hydrogen-bond acceptors (Lipinski definition) is 5. The number of pyridine rings is 1. The first-order chi connectivity index (χ1) is 18.3. The molecular weight excluding hydrogens is 500 g/mol. The number of rotatable bonds is 6. The molecule has 6 nitrogen and oxygen atoms in total. The largest absolute Gasteiger partial charge is 0.507 e. The van der Waals surface area contributed by atoms with Crippen LogP contribution in [0, 0.1) is 13.8 Å². The number of ether oxygens (including phenoxy) is 1. The van der Waals surface area contributed by atoms with Gasteiger partial charge in [-0.15, -0.1) is 0 Å². The van der Waals surface area contributed by atoms with Crippen LogP contribution in [0.5, 0.6) is 5.75 Å². The first kappa shape index (κ1) is 25.2. The second-order valence-corrected chi connectivity index (χ2v) is 9.57. The summed E-state index contributed by atoms with van der Waals surface area (Å²) in [5.74, 6) is -1.11. The van der Waals surface area contributed by atoms with Gasteiger partial charge >= 0.3 is 0 Å². The standard InChI is InChI=1S/C31H25ClN2O4/c1-19-8-10-24(32)17-25(19)34-28(22-12-14-33-15-13-22)27(30(36)31(34)37)29(35)23-9-11-26(20(2)16-23)38-18-21-6-4-3-5-7-21/h3-17,28,35H,18H2,1-2H3/b29-27+. The van der Waals surface area contributed by atoms with Crippen molar-refractivity contribution in [2.45, 2.75) is 26.5 Å². The van der Waals surface area contributed by atoms with E-state index in [0.29, 0.717) is 34.2 Å². The molecule has 190 valence electrons. The van der Waals surface area contributed by atoms with E-state index in [9.17, 15) is 14.7 Å². The summed E-state index contributed by atoms with van der Waals surface area (Å²) in [6, 6.07) is 22.8. The number of aromatic nitrogens is 1. The van der Waals surface area contributed by atoms with Gasteiger partial charge in [0.2, 0.25) is 0 Å². The predicted octanol–water partition coefficient (Wildman–Crippen LogP) is 6.56. The topological polar surface area (TPSA) is 79.7 Å². The van der Waals surface area contributed by atoms with Crippen LogP contribution in [-0.2, 0) is 16.2 Å². The fraction of sp³-hybridized carbons (Fsp3) is 0.129. The number of carbonyl (C=O) groups is 2. The van der Waals surface area contributed by atoms with Gasteiger partial charge in [-0.25, -0.2) is 0 Å². The zero-order chi connectivity index (χ0) is 26.8. The number of hydrogen-bond donors (Lipinski definition) is 1. The van der Waals surface area contributed by atoms with Crippen LogP contribution in [0.1, 0.15) is 33.9 Å². The second kappa shape index (κ2) is 10.5. The number of nitrogens with zero attached hydrogens (tertiary/aromatic N) is 2. The molecule has 1 saturated heterocycles. The van der Waals surface area contributed by atoms with Crippen molar-refractivity contribution in [3.63, 3.8) is 0 Å². The lowest BCUT2D eigenvalue weighted by atomic mass is 9.95. The van der Waals surface area contributed by atoms with Crippen molar-refractivity contribution in [1.29, 1.82) is 0 Å². The molecule has 1 fully saturated rings. The van der Waals surface area contributed by atoms with Gasteiger partial charge in [-0.2, -0.15) is 0 Å². The summed E-state index contributed by atoms with van der Waals surface area (Å²) in [5.41, 5.74) is 4.14. The van der Waals surface area contributed by atoms with E-state index in [-0.39, 0.29) is 11.3 Å². The van der Waals surface area contributed by atoms with Gasteiger partial charge in [0.05, 0.1) is 11.6 Å². The summed E-state index contributed by atoms with van der Waals surface area (Å²) >= 11 is 6.26. The quantitative estimate of drug-likeness (QED) is 0.175. The number of ketones is 1. The Hall–Kier alpha value is -4.42. The van der Waals surface area contributed by atoms with Crippen molar-refractivity contribution < 1.29 is 19.4 Å². The molecule has 0 bridgehead atoms. The monoisotopic (exact) mass is 524 g/mol. The molecule has 0 spiro atoms. The normalized spacial score (nSPS) is 16.6. The molecule has 38 heavy (non-hydrogen) atoms. The summed E-state index contributed by atoms with van der Waals surface area (Å²) in [7, 11) is 0. The molecule has 1 N–H and O–H groups in total. The number of Topliss-reactive ketones (excluding diaryl/α,β-unsaturated/α-hetero) is 1. The van der Waals surface area contributed by atoms with Crippen molar-refractivity contribution >= 4 is 34.7 Å². The van der Waals surface area contributed by atoms with E-state index in [4.69, 9.17) is 16.3 Å². The molecule has 3 aromatic carbocycles. The van der Waals surface area contributed by atoms with Crippen molar-refractivity contribution in [1.82, 2.24) is 4.98 Å². The molecule has 1 amide bonds. The van der Waals surface area contributed by atoms with E-state index in [1.807, 2.05) is 44.2 Å². The van der Waals surface area contributed by atoms with Crippen LogP contribution < -0.4 is 9.64 Å². The summed E-state index contributed by atoms with van der Waals surface area (Å²) in [5, 5.41) is 11.9. The van der Waals surface area contributed by atoms with Crippen LogP contribution in [0.3, 0.4) is 0 Å². The molecule has 0 saturated carbocycles. The molecule has 2 heterocycles. The number of benzene rings is 3. The van der Waals surface area contributed by atoms with E-state index < -0.39 is 17.7 Å². The molecule has 4 aromatic rings. The fourth-order valence-corrected chi connectivity index (χ4v) is 4.80. The minimum atomic E-state index is -0.857. The molecule has 7 heteroatoms. The third-order valence-corrected chi connectivity index (χ3v) is 6.82. The van der Waals surface area contributed by atoms with Gasteiger partial charge in [0.1, 0.15) is 18.1 Å². The Morgan fingerprint density at radius 3 is 2.39 bits per heavy atom. The Kier molecular flexibility index (Phi) is 6.99. The predicted molar refractivity (Wildman–Crippen MR) is 147 cm³/mol. The Labute approximate surface area is 225 Å². The average Bonchev–Trinajstić information content (AvgIpc) is 3.20. The molecule has 1 aromatic heterocycles. The highest BCUT2D eigenvalue weighted by atomic mass is 35.5. The van der Waals surface area contributed by atoms with Gasteiger partial charge in [-0.1, -0.05) is 48.0 Å². The van der Waals surface area contributed by atoms with E-state index >= 15 is 0 Å². The Morgan fingerprint density at radius 1 is 0.947 bits per heavy atom. The minimum Gasteiger partial charge on any atom is -0.507 e. The maximum atomic E-state index is 13.4. The van der Waals surface area contributed by atoms with Gasteiger partial charge < -0.3 is 9.84 Å². The van der Waals surface area contributed by atoms with Crippen molar-refractivity contribution in [2.75, 3.05) is 4.90 Å². The van der Waals surface area contributed by atoms with Crippen molar-refractivity contribution in [3.8, 4) is 5.75 Å². The number of aryl methyl sites for hydroxylation is 2. The number of amides is 1. The molecule has 5 rings (SSSR count). The molecule has 1 atom stereocenters. The number of anilines is 1. The summed E-state index contributed by atoms with van der Waals surface area (Å²) in [6.07, 6.45) is 3.17. The SMILES string of the molecule is Cc1cc(/C(O)=C2\C(=O)C(=O)N(c3cc(Cl)ccc3C)C2c2ccncc2)ccc1OCc1ccccc1. The average molecular weight is 525 g/mol. The zero-order valence-electron chi connectivity index (χ0n) is 20.9. The van der Waals surface area contributed by atoms with Crippen LogP contribution in [0.2, 0.25) is 5.02 Å². The number of halogens is 1. The highest BCUT2D eigenvalue weighted by molar-refractivity contribution is 6.52. The van der Waals surface area contributed by atoms with Gasteiger partial charge in [-0.3, -0.25) is 19.5 Å². The highest BCUT2D eigenvalue weighted by Crippen LogP contribution is 2.43. The van der Waals surface area contributed by atoms with Crippen molar-refractivity contribution in [2.24, 2.45) is 0 Å². The molecule has 0 radical (unpaired) electrons. The Morgan fingerprint density at radius 2 is 1.68 bits per heavy atom. The Bertz CT molecular complexity index is 1550. The highest BCUT2D eigenvalue weighted by Gasteiger charge is 2.47. The maximum Gasteiger partial charge on any atom is 0.300 e. The second-order valence-electron chi connectivity index (χ2n) is 9.14. The lowest BCUT2D eigenvalue weighted by Crippen LogP contribution is -2.30. The molecule has 1 aliphatic rings. The summed E-state index contributed by atoms with van der Waals surface area (Å²) in [4.78, 5) is 32.3. The Balaban J connectivity index is 1.57. The van der Waals surface area contributed by atoms with E-state index in [1.54, 1.807) is 60.9 Å². The fourth-order valence-electron chi connectivity index (χ4n) is 4.63. The van der Waals surface area contributed by atoms with E-state index in [1.165, 1.54) is 4.90 Å². The molecule has 0 aliphatic carbocycles. The maximum absolute atomic E-state index is 13.4. The van der Waals surface area contributed by atoms with Crippen molar-refractivity contribution in [3.05, 3.63) is 130 Å². The van der Waals surface area contributed by atoms with Gasteiger partial charge in [0.15, 0.2) is 0 Å². The third-order valence-electron chi connectivity index (χ3n) is 6.58. The first-order valence-corrected chi connectivity index (χ1v) is 12.5. The van der Waals surface area contributed by atoms with E-state index in [0.717, 1.165) is 16.7 Å². The van der Waals surface area contributed by atoms with Crippen LogP contribution in [0.15, 0.2) is 96.8 Å². The number of aliphatic hydroxyl groups is 1. The number of carbonyl (C=O) groups excluding carboxylic acids is 2. The third kappa shape index (κ3) is 4.78. The van der Waals surface area contributed by atoms with Gasteiger partial charge in [0, 0.05) is 28.7 Å². The first-order valence-electron chi connectivity index (χ1n) is 12.1. The zero-order valence-corrected chi connectivity index (χ0v) is 21.6. The molecular formula is C31H25ClN2O4. The van der Waals surface area contributed by atoms with Gasteiger partial charge in [0.25, 0.3) is 11.7 Å². The summed E-state index contributed by atoms with van der Waals surface area (Å²) in [6.45, 7) is 4.11. The van der Waals surface area contributed by atoms with E-state index in [2.05, 4.69) is 4.98 Å². The van der Waals surface area contributed by atoms with Crippen LogP contribution in [0.4, 0.5) is 5.69 Å². The van der Waals surface area contributed by atoms with Crippen LogP contribution in [0.25, 0.3) is 5.76 Å². The van der Waals surface area contributed by atoms with Crippen LogP contribution >= 0.6 is 11.6 Å².